The highest BCUT2D eigenvalue weighted by Crippen LogP contribution is 2.40. The topological polar surface area (TPSA) is 29.3 Å². The number of anilines is 3. The average Bonchev–Trinajstić information content (AvgIpc) is 3.75. The van der Waals surface area contributed by atoms with Crippen LogP contribution in [0.2, 0.25) is 0 Å². The zero-order valence-electron chi connectivity index (χ0n) is 31.6. The summed E-state index contributed by atoms with van der Waals surface area (Å²) in [4.78, 5) is 7.38. The Labute approximate surface area is 336 Å². The highest BCUT2D eigenvalue weighted by atomic mass is 16.3. The van der Waals surface area contributed by atoms with Crippen LogP contribution >= 0.6 is 0 Å². The molecule has 0 saturated carbocycles. The molecule has 0 bridgehead atoms. The van der Waals surface area contributed by atoms with Crippen molar-refractivity contribution in [3.63, 3.8) is 0 Å². The van der Waals surface area contributed by atoms with Crippen LogP contribution in [0.5, 0.6) is 0 Å². The first-order chi connectivity index (χ1) is 28.7. The summed E-state index contributed by atoms with van der Waals surface area (Å²) in [6, 6.07) is 77.7. The van der Waals surface area contributed by atoms with Crippen LogP contribution < -0.4 is 4.90 Å². The molecule has 1 aromatic heterocycles. The second-order valence-electron chi connectivity index (χ2n) is 14.8. The minimum atomic E-state index is 0.638. The first kappa shape index (κ1) is 33.6. The highest BCUT2D eigenvalue weighted by Gasteiger charge is 2.16. The van der Waals surface area contributed by atoms with Gasteiger partial charge >= 0.3 is 0 Å². The van der Waals surface area contributed by atoms with Crippen molar-refractivity contribution in [3.05, 3.63) is 218 Å². The molecular formula is C55H36N2O. The Morgan fingerprint density at radius 1 is 0.328 bits per heavy atom. The molecular weight excluding hydrogens is 705 g/mol. The number of oxazole rings is 1. The van der Waals surface area contributed by atoms with Crippen molar-refractivity contribution in [1.29, 1.82) is 0 Å². The number of hydrogen-bond acceptors (Lipinski definition) is 3. The minimum absolute atomic E-state index is 0.638. The summed E-state index contributed by atoms with van der Waals surface area (Å²) in [6.07, 6.45) is 0. The fraction of sp³-hybridized carbons (Fsp3) is 0. The van der Waals surface area contributed by atoms with Gasteiger partial charge in [-0.1, -0.05) is 158 Å². The average molecular weight is 741 g/mol. The van der Waals surface area contributed by atoms with E-state index in [-0.39, 0.29) is 0 Å². The predicted molar refractivity (Wildman–Crippen MR) is 243 cm³/mol. The van der Waals surface area contributed by atoms with Crippen LogP contribution in [0.15, 0.2) is 223 Å². The molecule has 11 rings (SSSR count). The number of para-hydroxylation sites is 1. The Kier molecular flexibility index (Phi) is 8.15. The molecule has 11 aromatic rings. The number of benzene rings is 10. The van der Waals surface area contributed by atoms with Gasteiger partial charge in [0.2, 0.25) is 5.89 Å². The Morgan fingerprint density at radius 2 is 0.759 bits per heavy atom. The molecule has 10 aromatic carbocycles. The van der Waals surface area contributed by atoms with Gasteiger partial charge in [0.15, 0.2) is 5.58 Å². The van der Waals surface area contributed by atoms with Crippen molar-refractivity contribution < 1.29 is 4.42 Å². The summed E-state index contributed by atoms with van der Waals surface area (Å²) < 4.78 is 6.31. The molecule has 0 atom stereocenters. The summed E-state index contributed by atoms with van der Waals surface area (Å²) in [5, 5.41) is 7.04. The molecule has 0 aliphatic carbocycles. The van der Waals surface area contributed by atoms with Crippen molar-refractivity contribution >= 4 is 60.5 Å². The molecule has 0 spiro atoms. The van der Waals surface area contributed by atoms with Gasteiger partial charge < -0.3 is 9.32 Å². The number of aromatic nitrogens is 1. The van der Waals surface area contributed by atoms with E-state index in [1.165, 1.54) is 49.4 Å². The monoisotopic (exact) mass is 740 g/mol. The van der Waals surface area contributed by atoms with Crippen LogP contribution in [0.25, 0.3) is 88.3 Å². The lowest BCUT2D eigenvalue weighted by Crippen LogP contribution is -2.09. The third kappa shape index (κ3) is 5.98. The lowest BCUT2D eigenvalue weighted by molar-refractivity contribution is 0.620. The fourth-order valence-corrected chi connectivity index (χ4v) is 8.35. The summed E-state index contributed by atoms with van der Waals surface area (Å²) in [5.41, 5.74) is 13.1. The van der Waals surface area contributed by atoms with E-state index in [2.05, 4.69) is 187 Å². The quantitative estimate of drug-likeness (QED) is 0.152. The maximum Gasteiger partial charge on any atom is 0.227 e. The summed E-state index contributed by atoms with van der Waals surface area (Å²) in [6.45, 7) is 0. The second kappa shape index (κ2) is 14.1. The first-order valence-electron chi connectivity index (χ1n) is 19.7. The van der Waals surface area contributed by atoms with E-state index in [1.807, 2.05) is 36.4 Å². The molecule has 272 valence electrons. The van der Waals surface area contributed by atoms with Gasteiger partial charge in [-0.25, -0.2) is 4.98 Å². The zero-order chi connectivity index (χ0) is 38.4. The van der Waals surface area contributed by atoms with E-state index in [0.29, 0.717) is 5.89 Å². The molecule has 3 heteroatoms. The summed E-state index contributed by atoms with van der Waals surface area (Å²) in [7, 11) is 0. The number of hydrogen-bond donors (Lipinski definition) is 0. The van der Waals surface area contributed by atoms with Gasteiger partial charge in [-0.05, 0) is 121 Å². The molecule has 0 radical (unpaired) electrons. The largest absolute Gasteiger partial charge is 0.436 e. The molecule has 0 unspecified atom stereocenters. The zero-order valence-corrected chi connectivity index (χ0v) is 31.6. The predicted octanol–water partition coefficient (Wildman–Crippen LogP) is 15.4. The van der Waals surface area contributed by atoms with E-state index in [0.717, 1.165) is 50.1 Å². The Hall–Kier alpha value is -7.75. The van der Waals surface area contributed by atoms with Crippen LogP contribution in [0.4, 0.5) is 17.1 Å². The molecule has 0 fully saturated rings. The van der Waals surface area contributed by atoms with Crippen LogP contribution in [-0.4, -0.2) is 4.98 Å². The van der Waals surface area contributed by atoms with Crippen molar-refractivity contribution in [2.45, 2.75) is 0 Å². The molecule has 0 aliphatic heterocycles. The lowest BCUT2D eigenvalue weighted by Gasteiger charge is -2.26. The molecule has 58 heavy (non-hydrogen) atoms. The van der Waals surface area contributed by atoms with Crippen LogP contribution in [0.1, 0.15) is 0 Å². The van der Waals surface area contributed by atoms with Crippen LogP contribution in [0.3, 0.4) is 0 Å². The van der Waals surface area contributed by atoms with E-state index >= 15 is 0 Å². The fourth-order valence-electron chi connectivity index (χ4n) is 8.35. The minimum Gasteiger partial charge on any atom is -0.436 e. The molecule has 1 heterocycles. The van der Waals surface area contributed by atoms with Gasteiger partial charge in [0.1, 0.15) is 5.52 Å². The van der Waals surface area contributed by atoms with Crippen molar-refractivity contribution in [2.75, 3.05) is 4.90 Å². The normalized spacial score (nSPS) is 11.4. The van der Waals surface area contributed by atoms with Crippen LogP contribution in [0, 0.1) is 0 Å². The third-order valence-electron chi connectivity index (χ3n) is 11.3. The summed E-state index contributed by atoms with van der Waals surface area (Å²) in [5.74, 6) is 0.638. The molecule has 0 aliphatic rings. The molecule has 3 nitrogen and oxygen atoms in total. The number of nitrogens with zero attached hydrogens (tertiary/aromatic N) is 2. The van der Waals surface area contributed by atoms with Crippen molar-refractivity contribution in [1.82, 2.24) is 4.98 Å². The maximum atomic E-state index is 6.31. The van der Waals surface area contributed by atoms with Crippen LogP contribution in [-0.2, 0) is 0 Å². The Bertz CT molecular complexity index is 3230. The maximum absolute atomic E-state index is 6.31. The van der Waals surface area contributed by atoms with Crippen molar-refractivity contribution in [3.8, 4) is 44.8 Å². The van der Waals surface area contributed by atoms with Gasteiger partial charge in [0, 0.05) is 28.0 Å². The smallest absolute Gasteiger partial charge is 0.227 e. The van der Waals surface area contributed by atoms with Gasteiger partial charge in [-0.2, -0.15) is 0 Å². The standard InChI is InChI=1S/C55H36N2O/c1-4-10-37(11-5-1)38-16-18-39(19-17-38)40-24-30-48(31-25-40)57(47-14-8-3-9-15-47)49-32-26-41(27-33-49)45-28-34-50-46(36-45)23-22-42-20-21-43-29-35-51-54(53(43)52(42)50)56-55(58-51)44-12-6-2-7-13-44/h1-36H. The number of fused-ring (bicyclic) bond motifs is 7. The Morgan fingerprint density at radius 3 is 1.36 bits per heavy atom. The van der Waals surface area contributed by atoms with E-state index in [4.69, 9.17) is 9.40 Å². The SMILES string of the molecule is c1ccc(-c2ccc(-c3ccc(N(c4ccccc4)c4ccc(-c5ccc6c(ccc7ccc8ccc9oc(-c%10ccccc%10)nc9c8c76)c5)cc4)cc3)cc2)cc1. The van der Waals surface area contributed by atoms with E-state index < -0.39 is 0 Å². The summed E-state index contributed by atoms with van der Waals surface area (Å²) >= 11 is 0. The van der Waals surface area contributed by atoms with E-state index in [1.54, 1.807) is 0 Å². The van der Waals surface area contributed by atoms with Gasteiger partial charge in [-0.3, -0.25) is 0 Å². The van der Waals surface area contributed by atoms with Gasteiger partial charge in [0.25, 0.3) is 0 Å². The van der Waals surface area contributed by atoms with Gasteiger partial charge in [0.05, 0.1) is 0 Å². The Balaban J connectivity index is 0.931. The molecule has 0 saturated heterocycles. The number of rotatable bonds is 7. The molecule has 0 amide bonds. The van der Waals surface area contributed by atoms with E-state index in [9.17, 15) is 0 Å². The first-order valence-corrected chi connectivity index (χ1v) is 19.7. The third-order valence-corrected chi connectivity index (χ3v) is 11.3. The van der Waals surface area contributed by atoms with Gasteiger partial charge in [-0.15, -0.1) is 0 Å². The lowest BCUT2D eigenvalue weighted by atomic mass is 9.93. The second-order valence-corrected chi connectivity index (χ2v) is 14.8. The highest BCUT2D eigenvalue weighted by molar-refractivity contribution is 6.26. The molecule has 0 N–H and O–H groups in total. The van der Waals surface area contributed by atoms with Crippen molar-refractivity contribution in [2.24, 2.45) is 0 Å².